The number of benzene rings is 1. The van der Waals surface area contributed by atoms with Gasteiger partial charge >= 0.3 is 5.97 Å². The van der Waals surface area contributed by atoms with E-state index in [9.17, 15) is 4.79 Å². The SMILES string of the molecule is COC(=O)Cn1c(C(C)(C)C)nc2ccccc21. The molecule has 2 rings (SSSR count). The summed E-state index contributed by atoms with van der Waals surface area (Å²) in [5.74, 6) is 0.637. The maximum Gasteiger partial charge on any atom is 0.325 e. The Bertz CT molecular complexity index is 579. The summed E-state index contributed by atoms with van der Waals surface area (Å²) in [5, 5.41) is 0. The average Bonchev–Trinajstić information content (AvgIpc) is 2.68. The highest BCUT2D eigenvalue weighted by Gasteiger charge is 2.23. The maximum absolute atomic E-state index is 11.5. The predicted molar refractivity (Wildman–Crippen MR) is 70.4 cm³/mol. The van der Waals surface area contributed by atoms with Gasteiger partial charge in [0.1, 0.15) is 12.4 Å². The molecule has 0 aliphatic carbocycles. The van der Waals surface area contributed by atoms with E-state index in [4.69, 9.17) is 4.74 Å². The van der Waals surface area contributed by atoms with Gasteiger partial charge in [0, 0.05) is 5.41 Å². The third-order valence-corrected chi connectivity index (χ3v) is 2.84. The van der Waals surface area contributed by atoms with E-state index in [2.05, 4.69) is 25.8 Å². The van der Waals surface area contributed by atoms with Crippen LogP contribution < -0.4 is 0 Å². The van der Waals surface area contributed by atoms with Gasteiger partial charge in [-0.2, -0.15) is 0 Å². The lowest BCUT2D eigenvalue weighted by Crippen LogP contribution is -2.22. The largest absolute Gasteiger partial charge is 0.468 e. The van der Waals surface area contributed by atoms with E-state index < -0.39 is 0 Å². The fraction of sp³-hybridized carbons (Fsp3) is 0.429. The number of aromatic nitrogens is 2. The van der Waals surface area contributed by atoms with Gasteiger partial charge < -0.3 is 9.30 Å². The van der Waals surface area contributed by atoms with Crippen molar-refractivity contribution >= 4 is 17.0 Å². The van der Waals surface area contributed by atoms with Gasteiger partial charge in [0.2, 0.25) is 0 Å². The normalized spacial score (nSPS) is 11.8. The summed E-state index contributed by atoms with van der Waals surface area (Å²) in [5.41, 5.74) is 1.76. The van der Waals surface area contributed by atoms with E-state index in [1.165, 1.54) is 7.11 Å². The van der Waals surface area contributed by atoms with Crippen LogP contribution in [-0.2, 0) is 21.5 Å². The number of nitrogens with zero attached hydrogens (tertiary/aromatic N) is 2. The molecule has 0 saturated heterocycles. The molecule has 0 amide bonds. The first-order valence-corrected chi connectivity index (χ1v) is 5.96. The first kappa shape index (κ1) is 12.6. The maximum atomic E-state index is 11.5. The van der Waals surface area contributed by atoms with E-state index >= 15 is 0 Å². The molecule has 0 spiro atoms. The zero-order valence-electron chi connectivity index (χ0n) is 11.2. The molecule has 0 radical (unpaired) electrons. The van der Waals surface area contributed by atoms with Crippen molar-refractivity contribution in [2.45, 2.75) is 32.7 Å². The van der Waals surface area contributed by atoms with Crippen LogP contribution in [0.5, 0.6) is 0 Å². The topological polar surface area (TPSA) is 44.1 Å². The molecule has 1 aromatic carbocycles. The average molecular weight is 246 g/mol. The molecular formula is C14H18N2O2. The highest BCUT2D eigenvalue weighted by Crippen LogP contribution is 2.26. The quantitative estimate of drug-likeness (QED) is 0.765. The molecule has 0 bridgehead atoms. The van der Waals surface area contributed by atoms with E-state index in [0.29, 0.717) is 0 Å². The lowest BCUT2D eigenvalue weighted by Gasteiger charge is -2.19. The van der Waals surface area contributed by atoms with Crippen molar-refractivity contribution in [3.63, 3.8) is 0 Å². The number of carbonyl (C=O) groups excluding carboxylic acids is 1. The summed E-state index contributed by atoms with van der Waals surface area (Å²) in [6.45, 7) is 6.45. The smallest absolute Gasteiger partial charge is 0.325 e. The van der Waals surface area contributed by atoms with Crippen molar-refractivity contribution in [2.24, 2.45) is 0 Å². The molecule has 1 aromatic heterocycles. The minimum Gasteiger partial charge on any atom is -0.468 e. The van der Waals surface area contributed by atoms with Crippen LogP contribution in [0.4, 0.5) is 0 Å². The number of ether oxygens (including phenoxy) is 1. The molecule has 96 valence electrons. The second-order valence-corrected chi connectivity index (χ2v) is 5.34. The van der Waals surface area contributed by atoms with E-state index in [1.807, 2.05) is 28.8 Å². The van der Waals surface area contributed by atoms with Gasteiger partial charge in [-0.25, -0.2) is 4.98 Å². The molecular weight excluding hydrogens is 228 g/mol. The van der Waals surface area contributed by atoms with Crippen LogP contribution in [0.3, 0.4) is 0 Å². The molecule has 0 aliphatic heterocycles. The van der Waals surface area contributed by atoms with E-state index in [-0.39, 0.29) is 17.9 Å². The van der Waals surface area contributed by atoms with Gasteiger partial charge in [-0.1, -0.05) is 32.9 Å². The molecule has 4 nitrogen and oxygen atoms in total. The van der Waals surface area contributed by atoms with Crippen molar-refractivity contribution in [1.29, 1.82) is 0 Å². The van der Waals surface area contributed by atoms with Gasteiger partial charge in [0.15, 0.2) is 0 Å². The molecule has 0 saturated carbocycles. The fourth-order valence-electron chi connectivity index (χ4n) is 2.00. The Morgan fingerprint density at radius 2 is 2.00 bits per heavy atom. The second kappa shape index (κ2) is 4.44. The number of esters is 1. The van der Waals surface area contributed by atoms with Crippen LogP contribution in [-0.4, -0.2) is 22.6 Å². The minimum atomic E-state index is -0.261. The van der Waals surface area contributed by atoms with Gasteiger partial charge in [-0.05, 0) is 12.1 Å². The molecule has 0 N–H and O–H groups in total. The lowest BCUT2D eigenvalue weighted by molar-refractivity contribution is -0.141. The number of hydrogen-bond donors (Lipinski definition) is 0. The van der Waals surface area contributed by atoms with Crippen LogP contribution in [0.2, 0.25) is 0 Å². The van der Waals surface area contributed by atoms with Crippen LogP contribution in [0.1, 0.15) is 26.6 Å². The summed E-state index contributed by atoms with van der Waals surface area (Å²) >= 11 is 0. The summed E-state index contributed by atoms with van der Waals surface area (Å²) in [6, 6.07) is 7.83. The van der Waals surface area contributed by atoms with Crippen LogP contribution in [0.15, 0.2) is 24.3 Å². The number of imidazole rings is 1. The summed E-state index contributed by atoms with van der Waals surface area (Å²) in [4.78, 5) is 16.2. The van der Waals surface area contributed by atoms with Gasteiger partial charge in [-0.15, -0.1) is 0 Å². The first-order chi connectivity index (χ1) is 8.43. The Balaban J connectivity index is 2.62. The molecule has 4 heteroatoms. The zero-order valence-corrected chi connectivity index (χ0v) is 11.2. The number of para-hydroxylation sites is 2. The summed E-state index contributed by atoms with van der Waals surface area (Å²) in [6.07, 6.45) is 0. The van der Waals surface area contributed by atoms with Gasteiger partial charge in [0.05, 0.1) is 18.1 Å². The Hall–Kier alpha value is -1.84. The molecule has 18 heavy (non-hydrogen) atoms. The van der Waals surface area contributed by atoms with E-state index in [0.717, 1.165) is 16.9 Å². The van der Waals surface area contributed by atoms with Crippen LogP contribution in [0, 0.1) is 0 Å². The Labute approximate surface area is 107 Å². The van der Waals surface area contributed by atoms with Crippen LogP contribution >= 0.6 is 0 Å². The Morgan fingerprint density at radius 3 is 2.61 bits per heavy atom. The van der Waals surface area contributed by atoms with Crippen molar-refractivity contribution in [3.8, 4) is 0 Å². The molecule has 0 atom stereocenters. The summed E-state index contributed by atoms with van der Waals surface area (Å²) < 4.78 is 6.68. The Morgan fingerprint density at radius 1 is 1.33 bits per heavy atom. The first-order valence-electron chi connectivity index (χ1n) is 5.96. The molecule has 0 fully saturated rings. The van der Waals surface area contributed by atoms with Crippen molar-refractivity contribution in [2.75, 3.05) is 7.11 Å². The zero-order chi connectivity index (χ0) is 13.3. The van der Waals surface area contributed by atoms with Crippen molar-refractivity contribution < 1.29 is 9.53 Å². The highest BCUT2D eigenvalue weighted by atomic mass is 16.5. The number of fused-ring (bicyclic) bond motifs is 1. The lowest BCUT2D eigenvalue weighted by atomic mass is 9.95. The molecule has 2 aromatic rings. The Kier molecular flexibility index (Phi) is 3.11. The van der Waals surface area contributed by atoms with Crippen molar-refractivity contribution in [1.82, 2.24) is 9.55 Å². The third kappa shape index (κ3) is 2.23. The van der Waals surface area contributed by atoms with Crippen LogP contribution in [0.25, 0.3) is 11.0 Å². The number of rotatable bonds is 2. The minimum absolute atomic E-state index is 0.118. The number of carbonyl (C=O) groups is 1. The van der Waals surface area contributed by atoms with Gasteiger partial charge in [0.25, 0.3) is 0 Å². The fourth-order valence-corrected chi connectivity index (χ4v) is 2.00. The van der Waals surface area contributed by atoms with Gasteiger partial charge in [-0.3, -0.25) is 4.79 Å². The molecule has 0 aliphatic rings. The second-order valence-electron chi connectivity index (χ2n) is 5.34. The summed E-state index contributed by atoms with van der Waals surface area (Å²) in [7, 11) is 1.40. The van der Waals surface area contributed by atoms with E-state index in [1.54, 1.807) is 0 Å². The monoisotopic (exact) mass is 246 g/mol. The highest BCUT2D eigenvalue weighted by molar-refractivity contribution is 5.79. The molecule has 0 unspecified atom stereocenters. The standard InChI is InChI=1S/C14H18N2O2/c1-14(2,3)13-15-10-7-5-6-8-11(10)16(13)9-12(17)18-4/h5-8H,9H2,1-4H3. The molecule has 1 heterocycles. The number of methoxy groups -OCH3 is 1. The predicted octanol–water partition coefficient (Wildman–Crippen LogP) is 2.51. The third-order valence-electron chi connectivity index (χ3n) is 2.84. The van der Waals surface area contributed by atoms with Crippen molar-refractivity contribution in [3.05, 3.63) is 30.1 Å². The number of hydrogen-bond acceptors (Lipinski definition) is 3.